The van der Waals surface area contributed by atoms with Gasteiger partial charge in [-0.2, -0.15) is 5.10 Å². The van der Waals surface area contributed by atoms with E-state index in [0.717, 1.165) is 16.9 Å². The smallest absolute Gasteiger partial charge is 0.168 e. The molecule has 3 heterocycles. The predicted molar refractivity (Wildman–Crippen MR) is 127 cm³/mol. The highest BCUT2D eigenvalue weighted by molar-refractivity contribution is 6.30. The van der Waals surface area contributed by atoms with E-state index in [9.17, 15) is 9.18 Å². The summed E-state index contributed by atoms with van der Waals surface area (Å²) in [5, 5.41) is 6.02. The van der Waals surface area contributed by atoms with Gasteiger partial charge in [0.2, 0.25) is 0 Å². The van der Waals surface area contributed by atoms with Gasteiger partial charge in [-0.1, -0.05) is 17.7 Å². The van der Waals surface area contributed by atoms with Gasteiger partial charge in [-0.15, -0.1) is 0 Å². The normalized spacial score (nSPS) is 14.2. The number of benzene rings is 2. The zero-order valence-corrected chi connectivity index (χ0v) is 19.1. The summed E-state index contributed by atoms with van der Waals surface area (Å²) in [5.74, 6) is 0.943. The van der Waals surface area contributed by atoms with E-state index >= 15 is 0 Å². The van der Waals surface area contributed by atoms with E-state index in [1.165, 1.54) is 13.0 Å². The van der Waals surface area contributed by atoms with Crippen LogP contribution in [0.3, 0.4) is 0 Å². The molecule has 2 aromatic carbocycles. The zero-order valence-electron chi connectivity index (χ0n) is 18.3. The number of Topliss-reactive ketones (excluding diaryl/α,β-unsaturated/α-hetero) is 1. The number of aromatic nitrogens is 4. The maximum Gasteiger partial charge on any atom is 0.168 e. The van der Waals surface area contributed by atoms with Crippen LogP contribution in [0.2, 0.25) is 5.02 Å². The summed E-state index contributed by atoms with van der Waals surface area (Å²) in [6.07, 6.45) is 1.78. The maximum absolute atomic E-state index is 14.6. The second kappa shape index (κ2) is 8.44. The lowest BCUT2D eigenvalue weighted by Crippen LogP contribution is -2.47. The number of rotatable bonds is 4. The predicted octanol–water partition coefficient (Wildman–Crippen LogP) is 4.45. The molecule has 0 N–H and O–H groups in total. The Morgan fingerprint density at radius 3 is 2.48 bits per heavy atom. The molecule has 0 saturated carbocycles. The summed E-state index contributed by atoms with van der Waals surface area (Å²) in [6.45, 7) is 5.89. The van der Waals surface area contributed by atoms with Gasteiger partial charge in [-0.05, 0) is 50.2 Å². The van der Waals surface area contributed by atoms with Gasteiger partial charge in [0.05, 0.1) is 23.0 Å². The summed E-state index contributed by atoms with van der Waals surface area (Å²) in [5.41, 5.74) is 2.44. The Hall–Kier alpha value is -3.52. The average molecular weight is 465 g/mol. The number of fused-ring (bicyclic) bond motifs is 1. The summed E-state index contributed by atoms with van der Waals surface area (Å²) in [7, 11) is 0. The van der Waals surface area contributed by atoms with Crippen molar-refractivity contribution in [2.24, 2.45) is 0 Å². The summed E-state index contributed by atoms with van der Waals surface area (Å²) in [6, 6.07) is 12.1. The Kier molecular flexibility index (Phi) is 5.46. The zero-order chi connectivity index (χ0) is 23.1. The minimum absolute atomic E-state index is 0.147. The molecule has 0 bridgehead atoms. The fourth-order valence-corrected chi connectivity index (χ4v) is 4.36. The molecule has 1 aliphatic rings. The third kappa shape index (κ3) is 4.02. The largest absolute Gasteiger partial charge is 0.366 e. The van der Waals surface area contributed by atoms with Crippen LogP contribution in [0.4, 0.5) is 15.9 Å². The number of hydrogen-bond donors (Lipinski definition) is 0. The fraction of sp³-hybridized carbons (Fsp3) is 0.250. The number of anilines is 2. The van der Waals surface area contributed by atoms with Gasteiger partial charge in [0, 0.05) is 36.8 Å². The van der Waals surface area contributed by atoms with Crippen molar-refractivity contribution in [3.63, 3.8) is 0 Å². The molecule has 0 aliphatic carbocycles. The van der Waals surface area contributed by atoms with Crippen molar-refractivity contribution in [1.82, 2.24) is 19.7 Å². The van der Waals surface area contributed by atoms with Crippen molar-refractivity contribution >= 4 is 39.9 Å². The number of carbonyl (C=O) groups is 1. The first-order chi connectivity index (χ1) is 15.9. The Morgan fingerprint density at radius 1 is 1.03 bits per heavy atom. The molecule has 7 nitrogen and oxygen atoms in total. The van der Waals surface area contributed by atoms with E-state index in [4.69, 9.17) is 16.6 Å². The molecular formula is C24H22ClFN6O. The van der Waals surface area contributed by atoms with E-state index in [1.54, 1.807) is 23.0 Å². The Bertz CT molecular complexity index is 1360. The van der Waals surface area contributed by atoms with Crippen LogP contribution < -0.4 is 9.80 Å². The SMILES string of the molecule is CC(=O)c1ccc(N2CCN(c3nc(C)nc4c3cnn4-c3cccc(Cl)c3)CC2)c(F)c1. The Labute approximate surface area is 195 Å². The number of aryl methyl sites for hydroxylation is 1. The lowest BCUT2D eigenvalue weighted by Gasteiger charge is -2.37. The monoisotopic (exact) mass is 464 g/mol. The first kappa shape index (κ1) is 21.3. The van der Waals surface area contributed by atoms with Crippen molar-refractivity contribution in [3.05, 3.63) is 70.9 Å². The first-order valence-electron chi connectivity index (χ1n) is 10.7. The van der Waals surface area contributed by atoms with E-state index in [-0.39, 0.29) is 11.6 Å². The molecule has 0 amide bonds. The standard InChI is InChI=1S/C24H22ClFN6O/c1-15(33)17-6-7-22(21(26)12-17)30-8-10-31(11-9-30)23-20-14-27-32(24(20)29-16(2)28-23)19-5-3-4-18(25)13-19/h3-7,12-14H,8-11H2,1-2H3. The molecule has 0 spiro atoms. The Morgan fingerprint density at radius 2 is 1.79 bits per heavy atom. The number of carbonyl (C=O) groups excluding carboxylic acids is 1. The number of halogens is 2. The third-order valence-electron chi connectivity index (χ3n) is 5.85. The minimum Gasteiger partial charge on any atom is -0.366 e. The number of nitrogens with zero attached hydrogens (tertiary/aromatic N) is 6. The van der Waals surface area contributed by atoms with E-state index in [0.29, 0.717) is 53.9 Å². The van der Waals surface area contributed by atoms with E-state index < -0.39 is 0 Å². The maximum atomic E-state index is 14.6. The molecule has 1 saturated heterocycles. The quantitative estimate of drug-likeness (QED) is 0.416. The number of piperazine rings is 1. The highest BCUT2D eigenvalue weighted by atomic mass is 35.5. The second-order valence-electron chi connectivity index (χ2n) is 8.06. The van der Waals surface area contributed by atoms with Crippen LogP contribution in [0.25, 0.3) is 16.7 Å². The molecular weight excluding hydrogens is 443 g/mol. The molecule has 9 heteroatoms. The summed E-state index contributed by atoms with van der Waals surface area (Å²) in [4.78, 5) is 25.0. The molecule has 5 rings (SSSR count). The average Bonchev–Trinajstić information content (AvgIpc) is 3.22. The van der Waals surface area contributed by atoms with Gasteiger partial charge in [-0.25, -0.2) is 19.0 Å². The van der Waals surface area contributed by atoms with Gasteiger partial charge >= 0.3 is 0 Å². The van der Waals surface area contributed by atoms with Crippen LogP contribution in [0.5, 0.6) is 0 Å². The van der Waals surface area contributed by atoms with Gasteiger partial charge in [-0.3, -0.25) is 4.79 Å². The lowest BCUT2D eigenvalue weighted by molar-refractivity contribution is 0.101. The van der Waals surface area contributed by atoms with E-state index in [1.807, 2.05) is 36.1 Å². The van der Waals surface area contributed by atoms with Crippen molar-refractivity contribution in [3.8, 4) is 5.69 Å². The summed E-state index contributed by atoms with van der Waals surface area (Å²) < 4.78 is 16.4. The van der Waals surface area contributed by atoms with Crippen LogP contribution in [0, 0.1) is 12.7 Å². The molecule has 33 heavy (non-hydrogen) atoms. The molecule has 1 aliphatic heterocycles. The first-order valence-corrected chi connectivity index (χ1v) is 11.1. The van der Waals surface area contributed by atoms with Crippen molar-refractivity contribution in [2.75, 3.05) is 36.0 Å². The highest BCUT2D eigenvalue weighted by Gasteiger charge is 2.24. The van der Waals surface area contributed by atoms with Gasteiger partial charge in [0.15, 0.2) is 11.4 Å². The van der Waals surface area contributed by atoms with Crippen LogP contribution in [-0.2, 0) is 0 Å². The van der Waals surface area contributed by atoms with Gasteiger partial charge < -0.3 is 9.80 Å². The van der Waals surface area contributed by atoms with Crippen molar-refractivity contribution in [2.45, 2.75) is 13.8 Å². The lowest BCUT2D eigenvalue weighted by atomic mass is 10.1. The molecule has 0 unspecified atom stereocenters. The molecule has 0 atom stereocenters. The van der Waals surface area contributed by atoms with E-state index in [2.05, 4.69) is 15.0 Å². The van der Waals surface area contributed by atoms with Crippen molar-refractivity contribution < 1.29 is 9.18 Å². The fourth-order valence-electron chi connectivity index (χ4n) is 4.18. The topological polar surface area (TPSA) is 67.2 Å². The second-order valence-corrected chi connectivity index (χ2v) is 8.50. The van der Waals surface area contributed by atoms with Gasteiger partial charge in [0.25, 0.3) is 0 Å². The van der Waals surface area contributed by atoms with Gasteiger partial charge in [0.1, 0.15) is 17.5 Å². The number of hydrogen-bond acceptors (Lipinski definition) is 6. The molecule has 1 fully saturated rings. The number of ketones is 1. The molecule has 168 valence electrons. The third-order valence-corrected chi connectivity index (χ3v) is 6.08. The molecule has 2 aromatic heterocycles. The van der Waals surface area contributed by atoms with Crippen LogP contribution in [0.1, 0.15) is 23.1 Å². The Balaban J connectivity index is 1.42. The molecule has 0 radical (unpaired) electrons. The minimum atomic E-state index is -0.376. The van der Waals surface area contributed by atoms with Crippen LogP contribution in [0.15, 0.2) is 48.7 Å². The summed E-state index contributed by atoms with van der Waals surface area (Å²) >= 11 is 6.17. The van der Waals surface area contributed by atoms with Crippen LogP contribution >= 0.6 is 11.6 Å². The van der Waals surface area contributed by atoms with Crippen molar-refractivity contribution in [1.29, 1.82) is 0 Å². The highest BCUT2D eigenvalue weighted by Crippen LogP contribution is 2.29. The molecule has 4 aromatic rings. The van der Waals surface area contributed by atoms with Crippen LogP contribution in [-0.4, -0.2) is 51.7 Å².